The summed E-state index contributed by atoms with van der Waals surface area (Å²) in [7, 11) is 1.83. The number of rotatable bonds is 5. The zero-order chi connectivity index (χ0) is 31.7. The molecule has 236 valence electrons. The minimum Gasteiger partial charge on any atom is -0.387 e. The number of fused-ring (bicyclic) bond motifs is 2. The molecule has 2 aromatic carbocycles. The molecule has 0 bridgehead atoms. The van der Waals surface area contributed by atoms with Crippen LogP contribution in [0.4, 0.5) is 25.3 Å². The molecule has 0 unspecified atom stereocenters. The quantitative estimate of drug-likeness (QED) is 0.312. The molecule has 3 saturated heterocycles. The Labute approximate surface area is 268 Å². The molecule has 2 aromatic heterocycles. The minimum absolute atomic E-state index is 0.0253. The van der Waals surface area contributed by atoms with E-state index in [-0.39, 0.29) is 28.6 Å². The van der Waals surface area contributed by atoms with Gasteiger partial charge in [-0.2, -0.15) is 5.26 Å². The number of aromatic nitrogens is 2. The second-order valence-corrected chi connectivity index (χ2v) is 14.0. The van der Waals surface area contributed by atoms with Crippen molar-refractivity contribution < 1.29 is 23.4 Å². The van der Waals surface area contributed by atoms with Crippen LogP contribution in [0.1, 0.15) is 41.5 Å². The second kappa shape index (κ2) is 11.0. The van der Waals surface area contributed by atoms with Gasteiger partial charge in [0, 0.05) is 80.0 Å². The van der Waals surface area contributed by atoms with Gasteiger partial charge in [-0.15, -0.1) is 0 Å². The molecule has 1 amide bonds. The number of aliphatic hydroxyl groups is 1. The highest BCUT2D eigenvalue weighted by molar-refractivity contribution is 7.16. The fraction of sp³-hybridized carbons (Fsp3) is 0.412. The van der Waals surface area contributed by atoms with Gasteiger partial charge in [-0.25, -0.2) is 18.7 Å². The van der Waals surface area contributed by atoms with Crippen molar-refractivity contribution in [1.29, 1.82) is 5.26 Å². The number of nitriles is 1. The standard InChI is InChI=1S/C34H32F2N6O3S/c1-40(33-39-28(27(14-37)46-33)19-2-4-21(35)5-3-19)31-23-6-7-26(43)30(23)38-29-24(31)12-22(13-25(29)36)41-15-34(16-41)17-42(18-34)32(44)20-8-10-45-11-9-20/h2-5,12-13,20,26,43H,6-11,15-18H2,1H3/t26-/m1/s1. The van der Waals surface area contributed by atoms with Crippen LogP contribution in [0.15, 0.2) is 36.4 Å². The number of carbonyl (C=O) groups excluding carboxylic acids is 1. The first-order valence-corrected chi connectivity index (χ1v) is 16.4. The lowest BCUT2D eigenvalue weighted by molar-refractivity contribution is -0.152. The SMILES string of the molecule is CN(c1nc(-c2ccc(F)cc2)c(C#N)s1)c1c2c(nc3c(F)cc(N4CC5(CN(C(=O)C6CCOCC6)C5)C4)cc13)[C@H](O)CC2. The molecule has 1 aliphatic carbocycles. The van der Waals surface area contributed by atoms with Crippen LogP contribution in [0.25, 0.3) is 22.2 Å². The maximum Gasteiger partial charge on any atom is 0.225 e. The van der Waals surface area contributed by atoms with Crippen molar-refractivity contribution in [2.24, 2.45) is 11.3 Å². The van der Waals surface area contributed by atoms with Crippen molar-refractivity contribution in [3.05, 3.63) is 64.2 Å². The first-order valence-electron chi connectivity index (χ1n) is 15.6. The van der Waals surface area contributed by atoms with Crippen LogP contribution in [-0.2, 0) is 16.0 Å². The van der Waals surface area contributed by atoms with Gasteiger partial charge in [0.1, 0.15) is 28.0 Å². The first-order chi connectivity index (χ1) is 22.2. The largest absolute Gasteiger partial charge is 0.387 e. The van der Waals surface area contributed by atoms with Crippen molar-refractivity contribution in [1.82, 2.24) is 14.9 Å². The van der Waals surface area contributed by atoms with Crippen LogP contribution >= 0.6 is 11.3 Å². The predicted molar refractivity (Wildman–Crippen MR) is 170 cm³/mol. The number of amides is 1. The van der Waals surface area contributed by atoms with E-state index < -0.39 is 11.9 Å². The number of benzene rings is 2. The van der Waals surface area contributed by atoms with Crippen molar-refractivity contribution in [3.8, 4) is 17.3 Å². The van der Waals surface area contributed by atoms with Crippen molar-refractivity contribution >= 4 is 44.7 Å². The zero-order valence-electron chi connectivity index (χ0n) is 25.3. The lowest BCUT2D eigenvalue weighted by Gasteiger charge is -2.61. The van der Waals surface area contributed by atoms with E-state index in [9.17, 15) is 19.6 Å². The van der Waals surface area contributed by atoms with E-state index in [1.54, 1.807) is 12.1 Å². The molecular formula is C34H32F2N6O3S. The summed E-state index contributed by atoms with van der Waals surface area (Å²) in [6.07, 6.45) is 1.81. The summed E-state index contributed by atoms with van der Waals surface area (Å²) in [5.41, 5.74) is 4.01. The highest BCUT2D eigenvalue weighted by Gasteiger charge is 2.54. The molecule has 1 atom stereocenters. The minimum atomic E-state index is -0.799. The molecule has 3 aliphatic heterocycles. The Balaban J connectivity index is 1.11. The number of anilines is 3. The van der Waals surface area contributed by atoms with Gasteiger partial charge in [0.15, 0.2) is 10.9 Å². The Morgan fingerprint density at radius 1 is 1.11 bits per heavy atom. The van der Waals surface area contributed by atoms with Crippen molar-refractivity contribution in [3.63, 3.8) is 0 Å². The highest BCUT2D eigenvalue weighted by atomic mass is 32.1. The van der Waals surface area contributed by atoms with E-state index in [0.717, 1.165) is 50.3 Å². The molecule has 0 saturated carbocycles. The second-order valence-electron chi connectivity index (χ2n) is 13.0. The summed E-state index contributed by atoms with van der Waals surface area (Å²) >= 11 is 1.20. The van der Waals surface area contributed by atoms with Crippen molar-refractivity contribution in [2.45, 2.75) is 31.8 Å². The van der Waals surface area contributed by atoms with Gasteiger partial charge in [-0.05, 0) is 62.1 Å². The van der Waals surface area contributed by atoms with E-state index >= 15 is 4.39 Å². The molecule has 4 aliphatic rings. The number of ether oxygens (including phenoxy) is 1. The van der Waals surface area contributed by atoms with Crippen LogP contribution in [-0.4, -0.2) is 72.3 Å². The number of pyridine rings is 1. The fourth-order valence-electron chi connectivity index (χ4n) is 7.55. The third-order valence-corrected chi connectivity index (χ3v) is 11.0. The molecule has 1 spiro atoms. The van der Waals surface area contributed by atoms with E-state index in [0.29, 0.717) is 64.1 Å². The van der Waals surface area contributed by atoms with Gasteiger partial charge in [0.05, 0.1) is 17.5 Å². The maximum absolute atomic E-state index is 15.9. The fourth-order valence-corrected chi connectivity index (χ4v) is 8.40. The average molecular weight is 643 g/mol. The van der Waals surface area contributed by atoms with Gasteiger partial charge >= 0.3 is 0 Å². The number of hydrogen-bond donors (Lipinski definition) is 1. The van der Waals surface area contributed by atoms with E-state index in [1.165, 1.54) is 29.5 Å². The molecule has 12 heteroatoms. The number of carbonyl (C=O) groups is 1. The van der Waals surface area contributed by atoms with Crippen LogP contribution < -0.4 is 9.80 Å². The summed E-state index contributed by atoms with van der Waals surface area (Å²) < 4.78 is 34.9. The number of aliphatic hydroxyl groups excluding tert-OH is 1. The van der Waals surface area contributed by atoms with Gasteiger partial charge in [-0.1, -0.05) is 11.3 Å². The highest BCUT2D eigenvalue weighted by Crippen LogP contribution is 2.48. The van der Waals surface area contributed by atoms with Crippen molar-refractivity contribution in [2.75, 3.05) is 56.2 Å². The zero-order valence-corrected chi connectivity index (χ0v) is 26.1. The van der Waals surface area contributed by atoms with E-state index in [1.807, 2.05) is 22.9 Å². The van der Waals surface area contributed by atoms with Crippen LogP contribution in [0, 0.1) is 34.3 Å². The number of nitrogens with zero attached hydrogens (tertiary/aromatic N) is 6. The molecule has 9 nitrogen and oxygen atoms in total. The molecule has 4 aromatic rings. The van der Waals surface area contributed by atoms with Crippen LogP contribution in [0.5, 0.6) is 0 Å². The van der Waals surface area contributed by atoms with Gasteiger partial charge < -0.3 is 24.5 Å². The Morgan fingerprint density at radius 2 is 1.85 bits per heavy atom. The first kappa shape index (κ1) is 29.2. The molecule has 5 heterocycles. The number of halogens is 2. The third kappa shape index (κ3) is 4.71. The summed E-state index contributed by atoms with van der Waals surface area (Å²) in [6.45, 7) is 4.19. The summed E-state index contributed by atoms with van der Waals surface area (Å²) in [6, 6.07) is 11.5. The Bertz CT molecular complexity index is 1900. The lowest BCUT2D eigenvalue weighted by atomic mass is 9.72. The number of likely N-dealkylation sites (tertiary alicyclic amines) is 1. The summed E-state index contributed by atoms with van der Waals surface area (Å²) in [5, 5.41) is 21.8. The predicted octanol–water partition coefficient (Wildman–Crippen LogP) is 5.33. The molecular weight excluding hydrogens is 610 g/mol. The van der Waals surface area contributed by atoms with Crippen LogP contribution in [0.3, 0.4) is 0 Å². The van der Waals surface area contributed by atoms with Gasteiger partial charge in [0.25, 0.3) is 0 Å². The van der Waals surface area contributed by atoms with Gasteiger partial charge in [-0.3, -0.25) is 4.79 Å². The Kier molecular flexibility index (Phi) is 6.97. The third-order valence-electron chi connectivity index (χ3n) is 9.92. The monoisotopic (exact) mass is 642 g/mol. The van der Waals surface area contributed by atoms with E-state index in [4.69, 9.17) is 9.72 Å². The Hall–Kier alpha value is -4.18. The average Bonchev–Trinajstić information content (AvgIpc) is 3.63. The topological polar surface area (TPSA) is 106 Å². The van der Waals surface area contributed by atoms with Crippen LogP contribution in [0.2, 0.25) is 0 Å². The molecule has 46 heavy (non-hydrogen) atoms. The lowest BCUT2D eigenvalue weighted by Crippen LogP contribution is -2.73. The normalized spacial score (nSPS) is 20.4. The Morgan fingerprint density at radius 3 is 2.57 bits per heavy atom. The van der Waals surface area contributed by atoms with Gasteiger partial charge in [0.2, 0.25) is 5.91 Å². The molecule has 8 rings (SSSR count). The smallest absolute Gasteiger partial charge is 0.225 e. The summed E-state index contributed by atoms with van der Waals surface area (Å²) in [4.78, 5) is 28.7. The van der Waals surface area contributed by atoms with E-state index in [2.05, 4.69) is 16.0 Å². The number of hydrogen-bond acceptors (Lipinski definition) is 9. The molecule has 0 radical (unpaired) electrons. The molecule has 3 fully saturated rings. The maximum atomic E-state index is 15.9. The molecule has 1 N–H and O–H groups in total. The summed E-state index contributed by atoms with van der Waals surface area (Å²) in [5.74, 6) is -0.577. The number of thiazole rings is 1.